The molecule has 8 N–H and O–H groups in total. The van der Waals surface area contributed by atoms with Crippen LogP contribution in [0, 0.1) is 0 Å². The second-order valence-corrected chi connectivity index (χ2v) is 4.77. The molecule has 0 fully saturated rings. The summed E-state index contributed by atoms with van der Waals surface area (Å²) in [5.41, 5.74) is 13.0. The summed E-state index contributed by atoms with van der Waals surface area (Å²) in [6.07, 6.45) is 1.74. The standard InChI is InChI=1S/C9H9N9/c10-8-1-2-9(11)6(17-8)13-5-3(16-9)4(12-2)14-7(15-5)18-8/h1,16H,10-11H2,(H3,12,13,14,15,17,18). The molecular formula is C9H9N9. The lowest BCUT2D eigenvalue weighted by Gasteiger charge is -2.49. The summed E-state index contributed by atoms with van der Waals surface area (Å²) in [5.74, 6) is 1.16. The Hall–Kier alpha value is -2.39. The van der Waals surface area contributed by atoms with Gasteiger partial charge in [-0.2, -0.15) is 9.97 Å². The Bertz CT molecular complexity index is 642. The van der Waals surface area contributed by atoms with Gasteiger partial charge in [0.05, 0.1) is 5.70 Å². The highest BCUT2D eigenvalue weighted by Crippen LogP contribution is 2.45. The lowest BCUT2D eigenvalue weighted by Crippen LogP contribution is -2.69. The summed E-state index contributed by atoms with van der Waals surface area (Å²) in [7, 11) is 0. The van der Waals surface area contributed by atoms with E-state index in [9.17, 15) is 0 Å². The van der Waals surface area contributed by atoms with Crippen molar-refractivity contribution in [2.75, 3.05) is 21.3 Å². The molecule has 0 saturated carbocycles. The molecular weight excluding hydrogens is 234 g/mol. The van der Waals surface area contributed by atoms with Gasteiger partial charge in [-0.3, -0.25) is 11.5 Å². The van der Waals surface area contributed by atoms with Crippen molar-refractivity contribution in [3.63, 3.8) is 0 Å². The average Bonchev–Trinajstić information content (AvgIpc) is 2.26. The summed E-state index contributed by atoms with van der Waals surface area (Å²) in [6, 6.07) is 0. The predicted molar refractivity (Wildman–Crippen MR) is 65.9 cm³/mol. The fourth-order valence-electron chi connectivity index (χ4n) is 2.65. The van der Waals surface area contributed by atoms with Gasteiger partial charge in [0.1, 0.15) is 5.69 Å². The molecule has 8 bridgehead atoms. The van der Waals surface area contributed by atoms with E-state index in [0.717, 1.165) is 11.4 Å². The first-order valence-electron chi connectivity index (χ1n) is 5.50. The van der Waals surface area contributed by atoms with Crippen LogP contribution in [0.1, 0.15) is 0 Å². The summed E-state index contributed by atoms with van der Waals surface area (Å²) in [5, 5.41) is 12.5. The lowest BCUT2D eigenvalue weighted by molar-refractivity contribution is 0.565. The zero-order valence-corrected chi connectivity index (χ0v) is 9.07. The van der Waals surface area contributed by atoms with Crippen molar-refractivity contribution in [1.82, 2.24) is 9.97 Å². The topological polar surface area (TPSA) is 138 Å². The number of aromatic nitrogens is 2. The first-order valence-corrected chi connectivity index (χ1v) is 5.50. The van der Waals surface area contributed by atoms with E-state index in [4.69, 9.17) is 11.5 Å². The summed E-state index contributed by atoms with van der Waals surface area (Å²) >= 11 is 0. The third kappa shape index (κ3) is 0.753. The minimum absolute atomic E-state index is 0.414. The number of nitrogens with one attached hydrogen (secondary N) is 4. The second kappa shape index (κ2) is 2.13. The zero-order chi connectivity index (χ0) is 12.1. The number of nitrogens with two attached hydrogens (primary N) is 2. The Balaban J connectivity index is 1.99. The summed E-state index contributed by atoms with van der Waals surface area (Å²) in [4.78, 5) is 13.1. The van der Waals surface area contributed by atoms with Gasteiger partial charge >= 0.3 is 0 Å². The first kappa shape index (κ1) is 8.66. The molecule has 9 heteroatoms. The Morgan fingerprint density at radius 3 is 2.67 bits per heavy atom. The number of hydrogen-bond acceptors (Lipinski definition) is 9. The SMILES string of the molecule is NC12C=C3Nc4nc(nc5c4NC3(N)C(=N1)N5)N2. The van der Waals surface area contributed by atoms with Crippen LogP contribution < -0.4 is 32.7 Å². The Morgan fingerprint density at radius 1 is 1.06 bits per heavy atom. The molecule has 18 heavy (non-hydrogen) atoms. The van der Waals surface area contributed by atoms with Gasteiger partial charge in [-0.15, -0.1) is 0 Å². The molecule has 9 nitrogen and oxygen atoms in total. The van der Waals surface area contributed by atoms with E-state index in [2.05, 4.69) is 36.2 Å². The number of rotatable bonds is 0. The minimum atomic E-state index is -1.09. The molecule has 5 aliphatic rings. The third-order valence-electron chi connectivity index (χ3n) is 3.49. The van der Waals surface area contributed by atoms with Gasteiger partial charge in [0.2, 0.25) is 11.7 Å². The number of anilines is 4. The van der Waals surface area contributed by atoms with Crippen molar-refractivity contribution in [1.29, 1.82) is 0 Å². The minimum Gasteiger partial charge on any atom is -0.350 e. The molecule has 0 amide bonds. The van der Waals surface area contributed by atoms with Gasteiger partial charge in [0.25, 0.3) is 0 Å². The van der Waals surface area contributed by atoms with Crippen LogP contribution in [-0.2, 0) is 0 Å². The van der Waals surface area contributed by atoms with Crippen molar-refractivity contribution < 1.29 is 0 Å². The van der Waals surface area contributed by atoms with Gasteiger partial charge in [-0.1, -0.05) is 0 Å². The summed E-state index contributed by atoms with van der Waals surface area (Å²) < 4.78 is 0. The molecule has 0 radical (unpaired) electrons. The monoisotopic (exact) mass is 243 g/mol. The van der Waals surface area contributed by atoms with Gasteiger partial charge < -0.3 is 21.3 Å². The maximum Gasteiger partial charge on any atom is 0.229 e. The molecule has 2 unspecified atom stereocenters. The molecule has 0 spiro atoms. The normalized spacial score (nSPS) is 35.9. The van der Waals surface area contributed by atoms with Gasteiger partial charge in [-0.25, -0.2) is 4.99 Å². The van der Waals surface area contributed by atoms with Gasteiger partial charge in [0, 0.05) is 6.08 Å². The largest absolute Gasteiger partial charge is 0.350 e. The smallest absolute Gasteiger partial charge is 0.229 e. The Kier molecular flexibility index (Phi) is 1.03. The molecule has 0 aliphatic carbocycles. The number of dihydropyridines is 1. The zero-order valence-electron chi connectivity index (χ0n) is 9.07. The van der Waals surface area contributed by atoms with E-state index >= 15 is 0 Å². The van der Waals surface area contributed by atoms with E-state index < -0.39 is 11.4 Å². The number of aliphatic imine (C=N–C) groups is 1. The fourth-order valence-corrected chi connectivity index (χ4v) is 2.65. The molecule has 2 atom stereocenters. The van der Waals surface area contributed by atoms with Gasteiger partial charge in [0.15, 0.2) is 23.1 Å². The highest BCUT2D eigenvalue weighted by Gasteiger charge is 2.51. The summed E-state index contributed by atoms with van der Waals surface area (Å²) in [6.45, 7) is 0. The van der Waals surface area contributed by atoms with Crippen molar-refractivity contribution in [2.45, 2.75) is 11.4 Å². The fraction of sp³-hybridized carbons (Fsp3) is 0.222. The van der Waals surface area contributed by atoms with Crippen LogP contribution in [0.5, 0.6) is 0 Å². The van der Waals surface area contributed by atoms with Crippen molar-refractivity contribution in [3.05, 3.63) is 11.8 Å². The first-order chi connectivity index (χ1) is 8.56. The van der Waals surface area contributed by atoms with Crippen molar-refractivity contribution in [2.24, 2.45) is 16.5 Å². The van der Waals surface area contributed by atoms with Crippen molar-refractivity contribution >= 4 is 29.1 Å². The number of amidine groups is 1. The maximum atomic E-state index is 6.34. The highest BCUT2D eigenvalue weighted by atomic mass is 15.4. The molecule has 90 valence electrons. The Labute approximate surface area is 101 Å². The molecule has 0 saturated heterocycles. The van der Waals surface area contributed by atoms with Crippen LogP contribution in [-0.4, -0.2) is 27.3 Å². The average molecular weight is 243 g/mol. The van der Waals surface area contributed by atoms with Gasteiger partial charge in [-0.05, 0) is 0 Å². The van der Waals surface area contributed by atoms with Crippen LogP contribution in [0.25, 0.3) is 0 Å². The van der Waals surface area contributed by atoms with Crippen LogP contribution >= 0.6 is 0 Å². The van der Waals surface area contributed by atoms with Crippen LogP contribution in [0.2, 0.25) is 0 Å². The highest BCUT2D eigenvalue weighted by molar-refractivity contribution is 6.15. The van der Waals surface area contributed by atoms with Crippen LogP contribution in [0.15, 0.2) is 16.8 Å². The second-order valence-electron chi connectivity index (χ2n) is 4.77. The van der Waals surface area contributed by atoms with E-state index in [-0.39, 0.29) is 0 Å². The third-order valence-corrected chi connectivity index (χ3v) is 3.49. The van der Waals surface area contributed by atoms with Crippen LogP contribution in [0.3, 0.4) is 0 Å². The predicted octanol–water partition coefficient (Wildman–Crippen LogP) is -1.27. The number of hydrogen-bond donors (Lipinski definition) is 6. The Morgan fingerprint density at radius 2 is 1.83 bits per heavy atom. The molecule has 1 aromatic heterocycles. The molecule has 6 heterocycles. The lowest BCUT2D eigenvalue weighted by atomic mass is 9.94. The van der Waals surface area contributed by atoms with E-state index in [1.54, 1.807) is 6.08 Å². The quantitative estimate of drug-likeness (QED) is 0.331. The van der Waals surface area contributed by atoms with E-state index in [0.29, 0.717) is 23.4 Å². The molecule has 6 rings (SSSR count). The number of nitrogens with zero attached hydrogens (tertiary/aromatic N) is 3. The maximum absolute atomic E-state index is 6.34. The molecule has 5 aliphatic heterocycles. The van der Waals surface area contributed by atoms with E-state index in [1.165, 1.54) is 0 Å². The van der Waals surface area contributed by atoms with E-state index in [1.807, 2.05) is 0 Å². The molecule has 0 aromatic carbocycles. The molecule has 1 aromatic rings. The van der Waals surface area contributed by atoms with Crippen molar-refractivity contribution in [3.8, 4) is 0 Å². The van der Waals surface area contributed by atoms with Crippen LogP contribution in [0.4, 0.5) is 23.3 Å².